The minimum atomic E-state index is -4.46. The molecule has 0 bridgehead atoms. The molecule has 1 amide bonds. The van der Waals surface area contributed by atoms with E-state index >= 15 is 0 Å². The zero-order valence-electron chi connectivity index (χ0n) is 16.4. The number of rotatable bonds is 6. The van der Waals surface area contributed by atoms with Gasteiger partial charge >= 0.3 is 6.18 Å². The number of Topliss-reactive ketones (excluding diaryl/α,β-unsaturated/α-hetero) is 2. The Bertz CT molecular complexity index is 765. The number of alkyl halides is 3. The highest BCUT2D eigenvalue weighted by atomic mass is 19.4. The molecule has 0 radical (unpaired) electrons. The highest BCUT2D eigenvalue weighted by Gasteiger charge is 2.44. The SMILES string of the molecule is CCN(C)C(=O)CC1CC(=O)C(c2c(C)cc(OCC(F)(F)F)cc2C)C1=O. The highest BCUT2D eigenvalue weighted by molar-refractivity contribution is 6.15. The third kappa shape index (κ3) is 4.91. The number of hydrogen-bond acceptors (Lipinski definition) is 4. The first-order valence-electron chi connectivity index (χ1n) is 9.05. The van der Waals surface area contributed by atoms with Gasteiger partial charge in [0, 0.05) is 32.4 Å². The molecule has 1 aliphatic rings. The number of ether oxygens (including phenoxy) is 1. The van der Waals surface area contributed by atoms with Gasteiger partial charge in [-0.05, 0) is 49.6 Å². The molecule has 1 aliphatic carbocycles. The van der Waals surface area contributed by atoms with Crippen LogP contribution in [0.2, 0.25) is 0 Å². The van der Waals surface area contributed by atoms with E-state index in [0.717, 1.165) is 0 Å². The average Bonchev–Trinajstić information content (AvgIpc) is 2.85. The lowest BCUT2D eigenvalue weighted by Gasteiger charge is -2.19. The van der Waals surface area contributed by atoms with Crippen molar-refractivity contribution in [3.63, 3.8) is 0 Å². The van der Waals surface area contributed by atoms with Gasteiger partial charge in [0.15, 0.2) is 12.4 Å². The van der Waals surface area contributed by atoms with Crippen LogP contribution in [0.1, 0.15) is 42.4 Å². The second kappa shape index (κ2) is 8.32. The molecule has 1 fully saturated rings. The summed E-state index contributed by atoms with van der Waals surface area (Å²) in [5.74, 6) is -2.39. The first kappa shape index (κ1) is 21.9. The number of benzene rings is 1. The zero-order chi connectivity index (χ0) is 21.2. The van der Waals surface area contributed by atoms with Gasteiger partial charge in [0.1, 0.15) is 17.5 Å². The van der Waals surface area contributed by atoms with Crippen LogP contribution >= 0.6 is 0 Å². The van der Waals surface area contributed by atoms with Crippen LogP contribution in [0.25, 0.3) is 0 Å². The molecule has 8 heteroatoms. The fourth-order valence-corrected chi connectivity index (χ4v) is 3.51. The van der Waals surface area contributed by atoms with Gasteiger partial charge in [-0.15, -0.1) is 0 Å². The molecule has 1 aromatic carbocycles. The van der Waals surface area contributed by atoms with Crippen LogP contribution in [-0.2, 0) is 14.4 Å². The molecule has 1 aromatic rings. The summed E-state index contributed by atoms with van der Waals surface area (Å²) in [6, 6.07) is 2.80. The molecule has 28 heavy (non-hydrogen) atoms. The first-order chi connectivity index (χ1) is 12.9. The summed E-state index contributed by atoms with van der Waals surface area (Å²) in [6.07, 6.45) is -4.47. The van der Waals surface area contributed by atoms with Crippen molar-refractivity contribution in [2.24, 2.45) is 5.92 Å². The van der Waals surface area contributed by atoms with E-state index in [1.54, 1.807) is 20.9 Å². The van der Waals surface area contributed by atoms with Crippen molar-refractivity contribution in [1.29, 1.82) is 0 Å². The second-order valence-corrected chi connectivity index (χ2v) is 7.19. The molecule has 0 N–H and O–H groups in total. The Labute approximate surface area is 161 Å². The summed E-state index contributed by atoms with van der Waals surface area (Å²) < 4.78 is 41.8. The smallest absolute Gasteiger partial charge is 0.422 e. The molecule has 2 atom stereocenters. The van der Waals surface area contributed by atoms with E-state index in [-0.39, 0.29) is 36.1 Å². The third-order valence-electron chi connectivity index (χ3n) is 5.04. The van der Waals surface area contributed by atoms with Crippen LogP contribution < -0.4 is 4.74 Å². The Morgan fingerprint density at radius 2 is 1.79 bits per heavy atom. The lowest BCUT2D eigenvalue weighted by atomic mass is 9.87. The van der Waals surface area contributed by atoms with E-state index in [1.807, 2.05) is 6.92 Å². The molecule has 2 unspecified atom stereocenters. The molecule has 0 aliphatic heterocycles. The van der Waals surface area contributed by atoms with Crippen molar-refractivity contribution in [2.75, 3.05) is 20.2 Å². The second-order valence-electron chi connectivity index (χ2n) is 7.19. The Kier molecular flexibility index (Phi) is 6.52. The largest absolute Gasteiger partial charge is 0.484 e. The van der Waals surface area contributed by atoms with Crippen LogP contribution in [0.15, 0.2) is 12.1 Å². The molecule has 154 valence electrons. The fourth-order valence-electron chi connectivity index (χ4n) is 3.51. The maximum absolute atomic E-state index is 12.8. The van der Waals surface area contributed by atoms with E-state index in [4.69, 9.17) is 4.74 Å². The van der Waals surface area contributed by atoms with Crippen molar-refractivity contribution in [3.8, 4) is 5.75 Å². The molecule has 1 saturated carbocycles. The summed E-state index contributed by atoms with van der Waals surface area (Å²) in [5, 5.41) is 0. The summed E-state index contributed by atoms with van der Waals surface area (Å²) >= 11 is 0. The molecule has 0 saturated heterocycles. The molecule has 0 spiro atoms. The predicted molar refractivity (Wildman–Crippen MR) is 96.3 cm³/mol. The highest BCUT2D eigenvalue weighted by Crippen LogP contribution is 2.38. The third-order valence-corrected chi connectivity index (χ3v) is 5.04. The normalized spacial score (nSPS) is 19.8. The number of ketones is 2. The van der Waals surface area contributed by atoms with E-state index < -0.39 is 24.6 Å². The molecular weight excluding hydrogens is 375 g/mol. The minimum absolute atomic E-state index is 0.00198. The summed E-state index contributed by atoms with van der Waals surface area (Å²) in [5.41, 5.74) is 1.52. The summed E-state index contributed by atoms with van der Waals surface area (Å²) in [7, 11) is 1.63. The number of halogens is 3. The number of carbonyl (C=O) groups excluding carboxylic acids is 3. The van der Waals surface area contributed by atoms with Crippen LogP contribution in [0.4, 0.5) is 13.2 Å². The van der Waals surface area contributed by atoms with Crippen LogP contribution in [0, 0.1) is 19.8 Å². The van der Waals surface area contributed by atoms with Crippen molar-refractivity contribution < 1.29 is 32.3 Å². The number of carbonyl (C=O) groups is 3. The van der Waals surface area contributed by atoms with Crippen LogP contribution in [0.5, 0.6) is 5.75 Å². The number of hydrogen-bond donors (Lipinski definition) is 0. The predicted octanol–water partition coefficient (Wildman–Crippen LogP) is 3.35. The standard InChI is InChI=1S/C20H24F3NO4/c1-5-24(4)16(26)9-13-8-15(25)18(19(13)27)17-11(2)6-14(7-12(17)3)28-10-20(21,22)23/h6-7,13,18H,5,8-10H2,1-4H3. The topological polar surface area (TPSA) is 63.7 Å². The van der Waals surface area contributed by atoms with Gasteiger partial charge in [-0.2, -0.15) is 13.2 Å². The van der Waals surface area contributed by atoms with Crippen molar-refractivity contribution in [2.45, 2.75) is 45.7 Å². The maximum atomic E-state index is 12.8. The van der Waals surface area contributed by atoms with Gasteiger partial charge in [0.2, 0.25) is 5.91 Å². The Morgan fingerprint density at radius 1 is 1.21 bits per heavy atom. The number of aryl methyl sites for hydroxylation is 2. The van der Waals surface area contributed by atoms with E-state index in [9.17, 15) is 27.6 Å². The summed E-state index contributed by atoms with van der Waals surface area (Å²) in [4.78, 5) is 39.0. The van der Waals surface area contributed by atoms with Gasteiger partial charge in [-0.25, -0.2) is 0 Å². The van der Waals surface area contributed by atoms with Crippen molar-refractivity contribution >= 4 is 17.5 Å². The molecule has 0 aromatic heterocycles. The van der Waals surface area contributed by atoms with Crippen LogP contribution in [0.3, 0.4) is 0 Å². The average molecular weight is 399 g/mol. The Balaban J connectivity index is 2.23. The Hall–Kier alpha value is -2.38. The van der Waals surface area contributed by atoms with Gasteiger partial charge in [0.05, 0.1) is 0 Å². The molecule has 0 heterocycles. The van der Waals surface area contributed by atoms with Crippen LogP contribution in [-0.4, -0.2) is 48.7 Å². The van der Waals surface area contributed by atoms with E-state index in [0.29, 0.717) is 23.2 Å². The van der Waals surface area contributed by atoms with Crippen molar-refractivity contribution in [3.05, 3.63) is 28.8 Å². The lowest BCUT2D eigenvalue weighted by Crippen LogP contribution is -2.29. The molecular formula is C20H24F3NO4. The van der Waals surface area contributed by atoms with Gasteiger partial charge in [0.25, 0.3) is 0 Å². The lowest BCUT2D eigenvalue weighted by molar-refractivity contribution is -0.153. The van der Waals surface area contributed by atoms with E-state index in [1.165, 1.54) is 17.0 Å². The van der Waals surface area contributed by atoms with Crippen molar-refractivity contribution in [1.82, 2.24) is 4.90 Å². The Morgan fingerprint density at radius 3 is 2.29 bits per heavy atom. The minimum Gasteiger partial charge on any atom is -0.484 e. The molecule has 2 rings (SSSR count). The number of nitrogens with zero attached hydrogens (tertiary/aromatic N) is 1. The quantitative estimate of drug-likeness (QED) is 0.689. The first-order valence-corrected chi connectivity index (χ1v) is 9.05. The van der Waals surface area contributed by atoms with E-state index in [2.05, 4.69) is 0 Å². The van der Waals surface area contributed by atoms with Gasteiger partial charge in [-0.3, -0.25) is 14.4 Å². The molecule has 5 nitrogen and oxygen atoms in total. The summed E-state index contributed by atoms with van der Waals surface area (Å²) in [6.45, 7) is 4.17. The zero-order valence-corrected chi connectivity index (χ0v) is 16.4. The van der Waals surface area contributed by atoms with Gasteiger partial charge in [-0.1, -0.05) is 0 Å². The fraction of sp³-hybridized carbons (Fsp3) is 0.550. The number of amides is 1. The monoisotopic (exact) mass is 399 g/mol. The maximum Gasteiger partial charge on any atom is 0.422 e. The van der Waals surface area contributed by atoms with Gasteiger partial charge < -0.3 is 9.64 Å².